The third-order valence-electron chi connectivity index (χ3n) is 1.37. The molecule has 4 nitrogen and oxygen atoms in total. The van der Waals surface area contributed by atoms with E-state index in [-0.39, 0.29) is 6.10 Å². The summed E-state index contributed by atoms with van der Waals surface area (Å²) in [7, 11) is 0. The number of aliphatic hydroxyl groups excluding tert-OH is 1. The van der Waals surface area contributed by atoms with E-state index in [0.29, 0.717) is 12.4 Å². The van der Waals surface area contributed by atoms with Crippen molar-refractivity contribution in [1.29, 1.82) is 0 Å². The summed E-state index contributed by atoms with van der Waals surface area (Å²) < 4.78 is 0. The van der Waals surface area contributed by atoms with Gasteiger partial charge in [0, 0.05) is 6.54 Å². The van der Waals surface area contributed by atoms with Crippen molar-refractivity contribution in [2.75, 3.05) is 11.9 Å². The quantitative estimate of drug-likeness (QED) is 0.691. The molecule has 0 fully saturated rings. The number of nitrogens with one attached hydrogen (secondary N) is 1. The van der Waals surface area contributed by atoms with E-state index in [1.807, 2.05) is 13.0 Å². The SMILES string of the molecule is Cc1cnnc(NCC(C)O)c1. The van der Waals surface area contributed by atoms with E-state index in [1.54, 1.807) is 13.1 Å². The molecule has 4 heteroatoms. The number of nitrogens with zero attached hydrogens (tertiary/aromatic N) is 2. The summed E-state index contributed by atoms with van der Waals surface area (Å²) in [6.07, 6.45) is 1.32. The van der Waals surface area contributed by atoms with Crippen LogP contribution < -0.4 is 5.32 Å². The third kappa shape index (κ3) is 2.84. The first-order chi connectivity index (χ1) is 5.68. The number of aromatic nitrogens is 2. The van der Waals surface area contributed by atoms with E-state index in [9.17, 15) is 0 Å². The summed E-state index contributed by atoms with van der Waals surface area (Å²) in [5, 5.41) is 19.5. The maximum Gasteiger partial charge on any atom is 0.148 e. The van der Waals surface area contributed by atoms with Gasteiger partial charge in [0.25, 0.3) is 0 Å². The second-order valence-electron chi connectivity index (χ2n) is 2.85. The van der Waals surface area contributed by atoms with Crippen LogP contribution in [0.25, 0.3) is 0 Å². The van der Waals surface area contributed by atoms with Crippen molar-refractivity contribution >= 4 is 5.82 Å². The van der Waals surface area contributed by atoms with Crippen molar-refractivity contribution in [3.8, 4) is 0 Å². The smallest absolute Gasteiger partial charge is 0.148 e. The fourth-order valence-corrected chi connectivity index (χ4v) is 0.803. The molecule has 0 radical (unpaired) electrons. The predicted octanol–water partition coefficient (Wildman–Crippen LogP) is 0.578. The second kappa shape index (κ2) is 4.01. The van der Waals surface area contributed by atoms with E-state index >= 15 is 0 Å². The Morgan fingerprint density at radius 1 is 1.67 bits per heavy atom. The first-order valence-corrected chi connectivity index (χ1v) is 3.90. The molecule has 0 aliphatic heterocycles. The van der Waals surface area contributed by atoms with E-state index < -0.39 is 0 Å². The zero-order chi connectivity index (χ0) is 8.97. The molecule has 0 aliphatic rings. The van der Waals surface area contributed by atoms with Gasteiger partial charge < -0.3 is 10.4 Å². The Morgan fingerprint density at radius 2 is 2.42 bits per heavy atom. The minimum Gasteiger partial charge on any atom is -0.392 e. The maximum atomic E-state index is 8.97. The lowest BCUT2D eigenvalue weighted by atomic mass is 10.3. The number of aryl methyl sites for hydroxylation is 1. The van der Waals surface area contributed by atoms with Crippen LogP contribution in [0.5, 0.6) is 0 Å². The van der Waals surface area contributed by atoms with Crippen LogP contribution in [0, 0.1) is 6.92 Å². The molecule has 0 aromatic carbocycles. The van der Waals surface area contributed by atoms with Crippen LogP contribution in [0.1, 0.15) is 12.5 Å². The van der Waals surface area contributed by atoms with E-state index in [0.717, 1.165) is 5.56 Å². The van der Waals surface area contributed by atoms with Crippen molar-refractivity contribution in [2.45, 2.75) is 20.0 Å². The van der Waals surface area contributed by atoms with Gasteiger partial charge in [-0.15, -0.1) is 5.10 Å². The van der Waals surface area contributed by atoms with E-state index in [4.69, 9.17) is 5.11 Å². The van der Waals surface area contributed by atoms with Crippen molar-refractivity contribution < 1.29 is 5.11 Å². The Kier molecular flexibility index (Phi) is 2.99. The number of hydrogen-bond acceptors (Lipinski definition) is 4. The van der Waals surface area contributed by atoms with Crippen LogP contribution in [0.4, 0.5) is 5.82 Å². The van der Waals surface area contributed by atoms with Gasteiger partial charge in [-0.2, -0.15) is 5.10 Å². The summed E-state index contributed by atoms with van der Waals surface area (Å²) >= 11 is 0. The van der Waals surface area contributed by atoms with Gasteiger partial charge in [0.1, 0.15) is 5.82 Å². The Bertz CT molecular complexity index is 250. The van der Waals surface area contributed by atoms with E-state index in [2.05, 4.69) is 15.5 Å². The number of rotatable bonds is 3. The molecular weight excluding hydrogens is 154 g/mol. The van der Waals surface area contributed by atoms with Crippen LogP contribution in [0.15, 0.2) is 12.3 Å². The molecule has 1 unspecified atom stereocenters. The summed E-state index contributed by atoms with van der Waals surface area (Å²) in [4.78, 5) is 0. The van der Waals surface area contributed by atoms with Gasteiger partial charge in [0.15, 0.2) is 0 Å². The first kappa shape index (κ1) is 8.93. The fourth-order valence-electron chi connectivity index (χ4n) is 0.803. The molecule has 1 aromatic heterocycles. The van der Waals surface area contributed by atoms with Crippen LogP contribution in [-0.4, -0.2) is 28.0 Å². The zero-order valence-corrected chi connectivity index (χ0v) is 7.28. The molecule has 0 bridgehead atoms. The van der Waals surface area contributed by atoms with Crippen molar-refractivity contribution in [3.63, 3.8) is 0 Å². The average Bonchev–Trinajstić information content (AvgIpc) is 2.01. The van der Waals surface area contributed by atoms with Gasteiger partial charge in [-0.1, -0.05) is 0 Å². The Morgan fingerprint density at radius 3 is 3.00 bits per heavy atom. The summed E-state index contributed by atoms with van der Waals surface area (Å²) in [5.41, 5.74) is 1.05. The highest BCUT2D eigenvalue weighted by Gasteiger charge is 1.97. The highest BCUT2D eigenvalue weighted by Crippen LogP contribution is 2.02. The number of anilines is 1. The molecule has 2 N–H and O–H groups in total. The van der Waals surface area contributed by atoms with E-state index in [1.165, 1.54) is 0 Å². The molecule has 0 amide bonds. The molecule has 66 valence electrons. The predicted molar refractivity (Wildman–Crippen MR) is 46.9 cm³/mol. The molecule has 0 spiro atoms. The molecule has 12 heavy (non-hydrogen) atoms. The van der Waals surface area contributed by atoms with Gasteiger partial charge in [-0.25, -0.2) is 0 Å². The monoisotopic (exact) mass is 167 g/mol. The van der Waals surface area contributed by atoms with Crippen LogP contribution in [0.3, 0.4) is 0 Å². The zero-order valence-electron chi connectivity index (χ0n) is 7.28. The van der Waals surface area contributed by atoms with Crippen molar-refractivity contribution in [2.24, 2.45) is 0 Å². The Labute approximate surface area is 71.6 Å². The van der Waals surface area contributed by atoms with Gasteiger partial charge in [-0.3, -0.25) is 0 Å². The molecular formula is C8H13N3O. The third-order valence-corrected chi connectivity index (χ3v) is 1.37. The molecule has 0 aliphatic carbocycles. The van der Waals surface area contributed by atoms with Crippen LogP contribution >= 0.6 is 0 Å². The second-order valence-corrected chi connectivity index (χ2v) is 2.85. The van der Waals surface area contributed by atoms with Gasteiger partial charge in [-0.05, 0) is 25.5 Å². The topological polar surface area (TPSA) is 58.0 Å². The lowest BCUT2D eigenvalue weighted by Crippen LogP contribution is -2.16. The standard InChI is InChI=1S/C8H13N3O/c1-6-3-8(11-10-4-6)9-5-7(2)12/h3-4,7,12H,5H2,1-2H3,(H,9,11). The minimum absolute atomic E-state index is 0.368. The Balaban J connectivity index is 2.52. The summed E-state index contributed by atoms with van der Waals surface area (Å²) in [6.45, 7) is 4.16. The molecule has 0 saturated heterocycles. The molecule has 0 saturated carbocycles. The Hall–Kier alpha value is -1.16. The summed E-state index contributed by atoms with van der Waals surface area (Å²) in [5.74, 6) is 0.705. The molecule has 1 heterocycles. The van der Waals surface area contributed by atoms with Crippen LogP contribution in [-0.2, 0) is 0 Å². The molecule has 1 atom stereocenters. The van der Waals surface area contributed by atoms with Gasteiger partial charge in [0.2, 0.25) is 0 Å². The minimum atomic E-state index is -0.368. The largest absolute Gasteiger partial charge is 0.392 e. The normalized spacial score (nSPS) is 12.6. The lowest BCUT2D eigenvalue weighted by Gasteiger charge is -2.06. The van der Waals surface area contributed by atoms with Gasteiger partial charge >= 0.3 is 0 Å². The van der Waals surface area contributed by atoms with Crippen LogP contribution in [0.2, 0.25) is 0 Å². The molecule has 1 rings (SSSR count). The summed E-state index contributed by atoms with van der Waals surface area (Å²) in [6, 6.07) is 1.88. The first-order valence-electron chi connectivity index (χ1n) is 3.90. The fraction of sp³-hybridized carbons (Fsp3) is 0.500. The van der Waals surface area contributed by atoms with Gasteiger partial charge in [0.05, 0.1) is 12.3 Å². The lowest BCUT2D eigenvalue weighted by molar-refractivity contribution is 0.208. The molecule has 1 aromatic rings. The average molecular weight is 167 g/mol. The van der Waals surface area contributed by atoms with Crippen molar-refractivity contribution in [3.05, 3.63) is 17.8 Å². The van der Waals surface area contributed by atoms with Crippen molar-refractivity contribution in [1.82, 2.24) is 10.2 Å². The number of hydrogen-bond donors (Lipinski definition) is 2. The number of aliphatic hydroxyl groups is 1. The highest BCUT2D eigenvalue weighted by atomic mass is 16.3. The highest BCUT2D eigenvalue weighted by molar-refractivity contribution is 5.34. The maximum absolute atomic E-state index is 8.97.